The van der Waals surface area contributed by atoms with Gasteiger partial charge in [0.15, 0.2) is 0 Å². The Morgan fingerprint density at radius 2 is 2.14 bits per heavy atom. The molecule has 2 rings (SSSR count). The summed E-state index contributed by atoms with van der Waals surface area (Å²) in [6.07, 6.45) is 8.34. The summed E-state index contributed by atoms with van der Waals surface area (Å²) in [6, 6.07) is 0.358. The first-order chi connectivity index (χ1) is 6.86. The van der Waals surface area contributed by atoms with Gasteiger partial charge in [-0.05, 0) is 32.2 Å². The van der Waals surface area contributed by atoms with Crippen molar-refractivity contribution in [2.24, 2.45) is 5.92 Å². The summed E-state index contributed by atoms with van der Waals surface area (Å²) in [5.41, 5.74) is 0. The Bertz CT molecular complexity index is 223. The first-order valence-electron chi connectivity index (χ1n) is 5.52. The van der Waals surface area contributed by atoms with Crippen molar-refractivity contribution in [1.29, 1.82) is 0 Å². The fourth-order valence-electron chi connectivity index (χ4n) is 2.13. The summed E-state index contributed by atoms with van der Waals surface area (Å²) in [5, 5.41) is 6.42. The van der Waals surface area contributed by atoms with Crippen molar-refractivity contribution >= 4 is 5.91 Å². The third-order valence-corrected chi connectivity index (χ3v) is 3.02. The molecule has 2 aliphatic rings. The second kappa shape index (κ2) is 4.60. The van der Waals surface area contributed by atoms with Crippen molar-refractivity contribution in [3.05, 3.63) is 12.2 Å². The third kappa shape index (κ3) is 2.35. The molecule has 0 bridgehead atoms. The van der Waals surface area contributed by atoms with E-state index in [0.29, 0.717) is 6.04 Å². The molecule has 1 atom stereocenters. The van der Waals surface area contributed by atoms with E-state index in [9.17, 15) is 4.79 Å². The number of carbonyl (C=O) groups is 1. The van der Waals surface area contributed by atoms with Crippen molar-refractivity contribution in [3.8, 4) is 0 Å². The van der Waals surface area contributed by atoms with Crippen LogP contribution >= 0.6 is 0 Å². The molecule has 1 heterocycles. The molecule has 0 radical (unpaired) electrons. The van der Waals surface area contributed by atoms with Gasteiger partial charge in [-0.25, -0.2) is 0 Å². The van der Waals surface area contributed by atoms with Crippen LogP contribution in [0.4, 0.5) is 0 Å². The van der Waals surface area contributed by atoms with Crippen LogP contribution in [0.25, 0.3) is 0 Å². The average molecular weight is 194 g/mol. The van der Waals surface area contributed by atoms with Gasteiger partial charge in [0.1, 0.15) is 0 Å². The number of carbonyl (C=O) groups excluding carboxylic acids is 1. The van der Waals surface area contributed by atoms with Gasteiger partial charge in [0.05, 0.1) is 0 Å². The number of amides is 1. The highest BCUT2D eigenvalue weighted by molar-refractivity contribution is 5.79. The van der Waals surface area contributed by atoms with E-state index in [4.69, 9.17) is 0 Å². The van der Waals surface area contributed by atoms with Crippen LogP contribution in [0.3, 0.4) is 0 Å². The molecule has 0 saturated carbocycles. The molecule has 1 saturated heterocycles. The molecule has 3 heteroatoms. The Hall–Kier alpha value is -0.830. The molecule has 0 spiro atoms. The van der Waals surface area contributed by atoms with Crippen LogP contribution in [0.2, 0.25) is 0 Å². The van der Waals surface area contributed by atoms with E-state index >= 15 is 0 Å². The third-order valence-electron chi connectivity index (χ3n) is 3.02. The highest BCUT2D eigenvalue weighted by Crippen LogP contribution is 2.18. The lowest BCUT2D eigenvalue weighted by atomic mass is 10.0. The van der Waals surface area contributed by atoms with E-state index in [1.807, 2.05) is 0 Å². The quantitative estimate of drug-likeness (QED) is 0.639. The zero-order valence-corrected chi connectivity index (χ0v) is 8.46. The molecule has 3 nitrogen and oxygen atoms in total. The minimum absolute atomic E-state index is 0.205. The van der Waals surface area contributed by atoms with Gasteiger partial charge in [-0.1, -0.05) is 12.2 Å². The van der Waals surface area contributed by atoms with Gasteiger partial charge in [0.2, 0.25) is 5.91 Å². The molecule has 1 unspecified atom stereocenters. The smallest absolute Gasteiger partial charge is 0.223 e. The standard InChI is InChI=1S/C11H18N2O/c14-11(9-4-1-2-5-9)13-10-6-3-7-12-8-10/h1-2,9-10,12H,3-8H2,(H,13,14). The van der Waals surface area contributed by atoms with E-state index in [-0.39, 0.29) is 11.8 Å². The molecule has 2 N–H and O–H groups in total. The minimum atomic E-state index is 0.205. The van der Waals surface area contributed by atoms with Gasteiger partial charge in [0.25, 0.3) is 0 Å². The van der Waals surface area contributed by atoms with Crippen LogP contribution in [0.1, 0.15) is 25.7 Å². The van der Waals surface area contributed by atoms with Crippen molar-refractivity contribution in [2.45, 2.75) is 31.7 Å². The second-order valence-corrected chi connectivity index (χ2v) is 4.19. The molecule has 0 aromatic carbocycles. The zero-order valence-electron chi connectivity index (χ0n) is 8.46. The van der Waals surface area contributed by atoms with Gasteiger partial charge in [0, 0.05) is 18.5 Å². The van der Waals surface area contributed by atoms with Crippen LogP contribution in [-0.2, 0) is 4.79 Å². The van der Waals surface area contributed by atoms with Crippen molar-refractivity contribution in [3.63, 3.8) is 0 Å². The Kier molecular flexibility index (Phi) is 3.19. The molecular formula is C11H18N2O. The Morgan fingerprint density at radius 1 is 1.36 bits per heavy atom. The van der Waals surface area contributed by atoms with Gasteiger partial charge >= 0.3 is 0 Å². The molecule has 0 aromatic rings. The maximum Gasteiger partial charge on any atom is 0.223 e. The second-order valence-electron chi connectivity index (χ2n) is 4.19. The molecule has 1 aliphatic carbocycles. The van der Waals surface area contributed by atoms with Crippen molar-refractivity contribution in [1.82, 2.24) is 10.6 Å². The summed E-state index contributed by atoms with van der Waals surface area (Å²) in [6.45, 7) is 2.03. The summed E-state index contributed by atoms with van der Waals surface area (Å²) in [5.74, 6) is 0.445. The van der Waals surface area contributed by atoms with Crippen LogP contribution in [0.15, 0.2) is 12.2 Å². The molecule has 1 aliphatic heterocycles. The average Bonchev–Trinajstić information content (AvgIpc) is 2.72. The summed E-state index contributed by atoms with van der Waals surface area (Å²) < 4.78 is 0. The number of rotatable bonds is 2. The maximum atomic E-state index is 11.7. The highest BCUT2D eigenvalue weighted by Gasteiger charge is 2.22. The van der Waals surface area contributed by atoms with Gasteiger partial charge in [-0.2, -0.15) is 0 Å². The lowest BCUT2D eigenvalue weighted by molar-refractivity contribution is -0.125. The van der Waals surface area contributed by atoms with Crippen LogP contribution < -0.4 is 10.6 Å². The predicted octanol–water partition coefficient (Wildman–Crippen LogP) is 0.821. The monoisotopic (exact) mass is 194 g/mol. The number of allylic oxidation sites excluding steroid dienone is 2. The van der Waals surface area contributed by atoms with Crippen LogP contribution in [0.5, 0.6) is 0 Å². The molecular weight excluding hydrogens is 176 g/mol. The SMILES string of the molecule is O=C(NC1CCCNC1)C1CC=CC1. The Labute approximate surface area is 84.9 Å². The van der Waals surface area contributed by atoms with Crippen molar-refractivity contribution in [2.75, 3.05) is 13.1 Å². The maximum absolute atomic E-state index is 11.7. The van der Waals surface area contributed by atoms with E-state index in [2.05, 4.69) is 22.8 Å². The highest BCUT2D eigenvalue weighted by atomic mass is 16.1. The number of nitrogens with one attached hydrogen (secondary N) is 2. The topological polar surface area (TPSA) is 41.1 Å². The number of piperidine rings is 1. The molecule has 78 valence electrons. The summed E-state index contributed by atoms with van der Waals surface area (Å²) >= 11 is 0. The first-order valence-corrected chi connectivity index (χ1v) is 5.52. The van der Waals surface area contributed by atoms with Gasteiger partial charge in [-0.3, -0.25) is 4.79 Å². The van der Waals surface area contributed by atoms with Crippen LogP contribution in [-0.4, -0.2) is 25.0 Å². The fourth-order valence-corrected chi connectivity index (χ4v) is 2.13. The van der Waals surface area contributed by atoms with Crippen molar-refractivity contribution < 1.29 is 4.79 Å². The minimum Gasteiger partial charge on any atom is -0.352 e. The van der Waals surface area contributed by atoms with E-state index < -0.39 is 0 Å². The lowest BCUT2D eigenvalue weighted by Crippen LogP contribution is -2.47. The normalized spacial score (nSPS) is 27.9. The fraction of sp³-hybridized carbons (Fsp3) is 0.727. The van der Waals surface area contributed by atoms with Crippen LogP contribution in [0, 0.1) is 5.92 Å². The summed E-state index contributed by atoms with van der Waals surface area (Å²) in [4.78, 5) is 11.7. The van der Waals surface area contributed by atoms with Gasteiger partial charge < -0.3 is 10.6 Å². The Morgan fingerprint density at radius 3 is 2.79 bits per heavy atom. The van der Waals surface area contributed by atoms with E-state index in [0.717, 1.165) is 32.4 Å². The van der Waals surface area contributed by atoms with E-state index in [1.165, 1.54) is 6.42 Å². The summed E-state index contributed by atoms with van der Waals surface area (Å²) in [7, 11) is 0. The van der Waals surface area contributed by atoms with E-state index in [1.54, 1.807) is 0 Å². The van der Waals surface area contributed by atoms with Gasteiger partial charge in [-0.15, -0.1) is 0 Å². The number of hydrogen-bond acceptors (Lipinski definition) is 2. The first kappa shape index (κ1) is 9.71. The molecule has 1 fully saturated rings. The molecule has 1 amide bonds. The predicted molar refractivity (Wildman–Crippen MR) is 55.9 cm³/mol. The Balaban J connectivity index is 1.75. The lowest BCUT2D eigenvalue weighted by Gasteiger charge is -2.25. The zero-order chi connectivity index (χ0) is 9.80. The number of hydrogen-bond donors (Lipinski definition) is 2. The molecule has 14 heavy (non-hydrogen) atoms. The largest absolute Gasteiger partial charge is 0.352 e. The molecule has 0 aromatic heterocycles.